The second-order valence-corrected chi connectivity index (χ2v) is 10.4. The van der Waals surface area contributed by atoms with E-state index in [1.807, 2.05) is 67.6 Å². The van der Waals surface area contributed by atoms with Crippen molar-refractivity contribution < 1.29 is 19.1 Å². The minimum absolute atomic E-state index is 0.104. The van der Waals surface area contributed by atoms with E-state index in [4.69, 9.17) is 9.52 Å². The lowest BCUT2D eigenvalue weighted by atomic mass is 10.1. The van der Waals surface area contributed by atoms with Crippen molar-refractivity contribution in [3.63, 3.8) is 0 Å². The van der Waals surface area contributed by atoms with E-state index >= 15 is 0 Å². The first-order valence-corrected chi connectivity index (χ1v) is 14.1. The van der Waals surface area contributed by atoms with E-state index in [-0.39, 0.29) is 12.5 Å². The third-order valence-corrected chi connectivity index (χ3v) is 7.13. The second-order valence-electron chi connectivity index (χ2n) is 9.48. The Kier molecular flexibility index (Phi) is 9.68. The molecule has 4 aromatic rings. The Balaban J connectivity index is 0.00000112. The second kappa shape index (κ2) is 13.4. The van der Waals surface area contributed by atoms with E-state index in [2.05, 4.69) is 34.9 Å². The Morgan fingerprint density at radius 2 is 1.56 bits per heavy atom. The van der Waals surface area contributed by atoms with Crippen molar-refractivity contribution in [2.24, 2.45) is 0 Å². The molecule has 1 aliphatic rings. The number of carboxylic acids is 1. The Labute approximate surface area is 233 Å². The molecule has 0 bridgehead atoms. The topological polar surface area (TPSA) is 94.8 Å². The van der Waals surface area contributed by atoms with Gasteiger partial charge in [0.1, 0.15) is 12.1 Å². The summed E-state index contributed by atoms with van der Waals surface area (Å²) in [5, 5.41) is 12.7. The van der Waals surface area contributed by atoms with E-state index < -0.39 is 5.97 Å². The molecular weight excluding hydrogens is 510 g/mol. The summed E-state index contributed by atoms with van der Waals surface area (Å²) in [4.78, 5) is 27.0. The molecule has 8 heteroatoms. The van der Waals surface area contributed by atoms with Crippen molar-refractivity contribution in [1.82, 2.24) is 4.72 Å². The number of rotatable bonds is 8. The summed E-state index contributed by atoms with van der Waals surface area (Å²) in [5.41, 5.74) is 5.45. The number of carbonyl (C=O) groups excluding carboxylic acids is 1. The molecule has 5 rings (SSSR count). The highest BCUT2D eigenvalue weighted by Crippen LogP contribution is 2.35. The van der Waals surface area contributed by atoms with Crippen molar-refractivity contribution >= 4 is 46.2 Å². The quantitative estimate of drug-likeness (QED) is 0.199. The summed E-state index contributed by atoms with van der Waals surface area (Å²) in [6, 6.07) is 21.5. The number of fused-ring (bicyclic) bond motifs is 1. The lowest BCUT2D eigenvalue weighted by molar-refractivity contribution is -0.135. The van der Waals surface area contributed by atoms with Gasteiger partial charge in [-0.3, -0.25) is 9.59 Å². The maximum atomic E-state index is 13.1. The molecule has 1 aromatic heterocycles. The van der Waals surface area contributed by atoms with Gasteiger partial charge in [-0.25, -0.2) is 4.72 Å². The predicted molar refractivity (Wildman–Crippen MR) is 160 cm³/mol. The lowest BCUT2D eigenvalue weighted by Crippen LogP contribution is -2.17. The average Bonchev–Trinajstić information content (AvgIpc) is 3.58. The first-order chi connectivity index (χ1) is 18.9. The first kappa shape index (κ1) is 28.3. The molecule has 0 saturated carbocycles. The number of carbonyl (C=O) groups is 2. The number of hydrogen-bond acceptors (Lipinski definition) is 6. The highest BCUT2D eigenvalue weighted by Gasteiger charge is 2.23. The van der Waals surface area contributed by atoms with Crippen LogP contribution in [0.5, 0.6) is 0 Å². The van der Waals surface area contributed by atoms with E-state index in [9.17, 15) is 9.59 Å². The SMILES string of the molecule is CCC.Cc1c(C(=O)Nc2ccc(-c3ccc(SNCC(=O)O)cc3)cc2)oc2cccc(N3CCCC3)c12. The molecule has 1 saturated heterocycles. The third kappa shape index (κ3) is 7.02. The molecule has 1 aliphatic heterocycles. The number of aliphatic carboxylic acids is 1. The van der Waals surface area contributed by atoms with Gasteiger partial charge in [-0.15, -0.1) is 0 Å². The molecule has 2 heterocycles. The monoisotopic (exact) mass is 545 g/mol. The maximum absolute atomic E-state index is 13.1. The summed E-state index contributed by atoms with van der Waals surface area (Å²) >= 11 is 1.28. The number of hydrogen-bond donors (Lipinski definition) is 3. The molecule has 0 radical (unpaired) electrons. The van der Waals surface area contributed by atoms with Crippen molar-refractivity contribution in [3.8, 4) is 11.1 Å². The summed E-state index contributed by atoms with van der Waals surface area (Å²) in [5.74, 6) is -0.821. The van der Waals surface area contributed by atoms with Gasteiger partial charge >= 0.3 is 5.97 Å². The fourth-order valence-electron chi connectivity index (χ4n) is 4.55. The zero-order valence-electron chi connectivity index (χ0n) is 22.6. The van der Waals surface area contributed by atoms with Crippen LogP contribution in [0.15, 0.2) is 76.0 Å². The highest BCUT2D eigenvalue weighted by atomic mass is 32.2. The Morgan fingerprint density at radius 3 is 2.18 bits per heavy atom. The third-order valence-electron chi connectivity index (χ3n) is 6.33. The van der Waals surface area contributed by atoms with Crippen LogP contribution >= 0.6 is 11.9 Å². The molecule has 204 valence electrons. The van der Waals surface area contributed by atoms with Gasteiger partial charge in [-0.2, -0.15) is 0 Å². The summed E-state index contributed by atoms with van der Waals surface area (Å²) in [6.07, 6.45) is 3.62. The molecule has 3 aromatic carbocycles. The minimum Gasteiger partial charge on any atom is -0.480 e. The molecule has 0 aliphatic carbocycles. The van der Waals surface area contributed by atoms with Gasteiger partial charge in [0, 0.05) is 40.3 Å². The highest BCUT2D eigenvalue weighted by molar-refractivity contribution is 7.97. The summed E-state index contributed by atoms with van der Waals surface area (Å²) < 4.78 is 8.80. The molecule has 0 unspecified atom stereocenters. The van der Waals surface area contributed by atoms with Crippen LogP contribution in [0.1, 0.15) is 49.2 Å². The van der Waals surface area contributed by atoms with Crippen LogP contribution in [0, 0.1) is 6.92 Å². The van der Waals surface area contributed by atoms with Crippen molar-refractivity contribution in [1.29, 1.82) is 0 Å². The van der Waals surface area contributed by atoms with E-state index in [0.717, 1.165) is 51.3 Å². The van der Waals surface area contributed by atoms with Crippen molar-refractivity contribution in [2.75, 3.05) is 29.9 Å². The molecule has 3 N–H and O–H groups in total. The van der Waals surface area contributed by atoms with E-state index in [0.29, 0.717) is 11.4 Å². The normalized spacial score (nSPS) is 12.7. The number of furan rings is 1. The van der Waals surface area contributed by atoms with Crippen molar-refractivity contribution in [2.45, 2.75) is 44.9 Å². The fraction of sp³-hybridized carbons (Fsp3) is 0.290. The molecule has 1 amide bonds. The fourth-order valence-corrected chi connectivity index (χ4v) is 5.18. The van der Waals surface area contributed by atoms with Crippen LogP contribution in [0.25, 0.3) is 22.1 Å². The Bertz CT molecular complexity index is 1410. The number of anilines is 2. The standard InChI is InChI=1S/C28H27N3O4S.C3H8/c1-18-26-23(31-15-2-3-16-31)5-4-6-24(26)35-27(18)28(34)30-21-11-7-19(8-12-21)20-9-13-22(14-10-20)36-29-17-25(32)33;1-3-2/h4-14,29H,2-3,15-17H2,1H3,(H,30,34)(H,32,33);3H2,1-2H3. The van der Waals surface area contributed by atoms with E-state index in [1.54, 1.807) is 0 Å². The first-order valence-electron chi connectivity index (χ1n) is 13.3. The summed E-state index contributed by atoms with van der Waals surface area (Å²) in [6.45, 7) is 8.15. The lowest BCUT2D eigenvalue weighted by Gasteiger charge is -2.18. The molecule has 0 spiro atoms. The Morgan fingerprint density at radius 1 is 0.949 bits per heavy atom. The largest absolute Gasteiger partial charge is 0.480 e. The average molecular weight is 546 g/mol. The number of carboxylic acid groups (broad SMARTS) is 1. The number of aryl methyl sites for hydroxylation is 1. The van der Waals surface area contributed by atoms with Crippen molar-refractivity contribution in [3.05, 3.63) is 78.1 Å². The molecule has 0 atom stereocenters. The Hall–Kier alpha value is -3.75. The van der Waals surface area contributed by atoms with Gasteiger partial charge in [0.2, 0.25) is 0 Å². The minimum atomic E-state index is -0.895. The zero-order valence-corrected chi connectivity index (χ0v) is 23.4. The number of nitrogens with zero attached hydrogens (tertiary/aromatic N) is 1. The van der Waals surface area contributed by atoms with Gasteiger partial charge in [0.15, 0.2) is 5.76 Å². The van der Waals surface area contributed by atoms with E-state index in [1.165, 1.54) is 31.2 Å². The molecular formula is C31H35N3O4S. The van der Waals surface area contributed by atoms with Gasteiger partial charge in [-0.05, 0) is 79.2 Å². The van der Waals surface area contributed by atoms with Gasteiger partial charge in [0.05, 0.1) is 0 Å². The number of nitrogens with one attached hydrogen (secondary N) is 2. The summed E-state index contributed by atoms with van der Waals surface area (Å²) in [7, 11) is 0. The molecule has 7 nitrogen and oxygen atoms in total. The number of amides is 1. The number of benzene rings is 3. The van der Waals surface area contributed by atoms with Crippen LogP contribution in [0.4, 0.5) is 11.4 Å². The van der Waals surface area contributed by atoms with Crippen LogP contribution in [0.2, 0.25) is 0 Å². The van der Waals surface area contributed by atoms with Crippen LogP contribution < -0.4 is 14.9 Å². The van der Waals surface area contributed by atoms with Gasteiger partial charge < -0.3 is 19.7 Å². The van der Waals surface area contributed by atoms with Gasteiger partial charge in [0.25, 0.3) is 5.91 Å². The molecule has 39 heavy (non-hydrogen) atoms. The van der Waals surface area contributed by atoms with Crippen LogP contribution in [-0.4, -0.2) is 36.6 Å². The maximum Gasteiger partial charge on any atom is 0.318 e. The van der Waals surface area contributed by atoms with Crippen LogP contribution in [-0.2, 0) is 4.79 Å². The van der Waals surface area contributed by atoms with Crippen LogP contribution in [0.3, 0.4) is 0 Å². The zero-order chi connectivity index (χ0) is 27.8. The molecule has 1 fully saturated rings. The van der Waals surface area contributed by atoms with Gasteiger partial charge in [-0.1, -0.05) is 50.6 Å². The smallest absolute Gasteiger partial charge is 0.318 e. The predicted octanol–water partition coefficient (Wildman–Crippen LogP) is 7.36.